The number of alkyl halides is 3. The van der Waals surface area contributed by atoms with Crippen LogP contribution >= 0.6 is 0 Å². The first kappa shape index (κ1) is 13.3. The highest BCUT2D eigenvalue weighted by Gasteiger charge is 2.32. The molecule has 0 aliphatic rings. The van der Waals surface area contributed by atoms with Gasteiger partial charge in [0, 0.05) is 18.4 Å². The Bertz CT molecular complexity index is 550. The lowest BCUT2D eigenvalue weighted by molar-refractivity contribution is -0.141. The van der Waals surface area contributed by atoms with E-state index in [1.807, 2.05) is 19.1 Å². The Morgan fingerprint density at radius 1 is 1.16 bits per heavy atom. The first-order valence-corrected chi connectivity index (χ1v) is 5.65. The summed E-state index contributed by atoms with van der Waals surface area (Å²) >= 11 is 0. The Kier molecular flexibility index (Phi) is 3.69. The summed E-state index contributed by atoms with van der Waals surface area (Å²) in [6.07, 6.45) is -2.75. The molecule has 0 aliphatic heterocycles. The highest BCUT2D eigenvalue weighted by atomic mass is 19.4. The van der Waals surface area contributed by atoms with Crippen LogP contribution in [0.1, 0.15) is 17.0 Å². The van der Waals surface area contributed by atoms with Gasteiger partial charge in [0.2, 0.25) is 0 Å². The highest BCUT2D eigenvalue weighted by molar-refractivity contribution is 5.36. The smallest absolute Gasteiger partial charge is 0.366 e. The minimum Gasteiger partial charge on any atom is -0.366 e. The number of aryl methyl sites for hydroxylation is 1. The van der Waals surface area contributed by atoms with Gasteiger partial charge in [-0.2, -0.15) is 13.2 Å². The molecule has 0 unspecified atom stereocenters. The molecule has 0 bridgehead atoms. The maximum Gasteiger partial charge on any atom is 0.433 e. The van der Waals surface area contributed by atoms with E-state index >= 15 is 0 Å². The van der Waals surface area contributed by atoms with E-state index in [4.69, 9.17) is 0 Å². The lowest BCUT2D eigenvalue weighted by Gasteiger charge is -2.09. The van der Waals surface area contributed by atoms with Crippen LogP contribution in [0.5, 0.6) is 0 Å². The molecular weight excluding hydrogens is 255 g/mol. The molecule has 0 saturated carbocycles. The predicted octanol–water partition coefficient (Wildman–Crippen LogP) is 3.42. The summed E-state index contributed by atoms with van der Waals surface area (Å²) in [4.78, 5) is 7.63. The molecule has 100 valence electrons. The van der Waals surface area contributed by atoms with E-state index in [9.17, 15) is 13.2 Å². The summed E-state index contributed by atoms with van der Waals surface area (Å²) in [5, 5.41) is 2.84. The van der Waals surface area contributed by atoms with Crippen molar-refractivity contribution in [1.29, 1.82) is 0 Å². The lowest BCUT2D eigenvalue weighted by atomic mass is 10.2. The molecule has 2 rings (SSSR count). The third kappa shape index (κ3) is 3.67. The van der Waals surface area contributed by atoms with Crippen LogP contribution in [0, 0.1) is 6.92 Å². The summed E-state index contributed by atoms with van der Waals surface area (Å²) in [7, 11) is 0. The summed E-state index contributed by atoms with van der Waals surface area (Å²) in [5.74, 6) is 0.190. The third-order valence-electron chi connectivity index (χ3n) is 2.49. The number of nitrogens with one attached hydrogen (secondary N) is 1. The summed E-state index contributed by atoms with van der Waals surface area (Å²) in [5.41, 5.74) is 0.866. The van der Waals surface area contributed by atoms with E-state index in [2.05, 4.69) is 15.3 Å². The van der Waals surface area contributed by atoms with Gasteiger partial charge in [0.05, 0.1) is 0 Å². The molecule has 0 saturated heterocycles. The van der Waals surface area contributed by atoms with Gasteiger partial charge in [-0.05, 0) is 30.7 Å². The second kappa shape index (κ2) is 5.26. The standard InChI is InChI=1S/C13H12F3N3/c1-9-5-6-10(7-17-9)8-18-12-4-2-3-11(19-12)13(14,15)16/h2-7H,8H2,1H3,(H,18,19). The van der Waals surface area contributed by atoms with Gasteiger partial charge in [0.1, 0.15) is 11.5 Å². The quantitative estimate of drug-likeness (QED) is 0.926. The predicted molar refractivity (Wildman–Crippen MR) is 65.5 cm³/mol. The van der Waals surface area contributed by atoms with Crippen LogP contribution in [-0.4, -0.2) is 9.97 Å². The van der Waals surface area contributed by atoms with Crippen molar-refractivity contribution in [2.45, 2.75) is 19.6 Å². The molecule has 2 aromatic heterocycles. The van der Waals surface area contributed by atoms with Gasteiger partial charge in [-0.1, -0.05) is 12.1 Å². The Hall–Kier alpha value is -2.11. The third-order valence-corrected chi connectivity index (χ3v) is 2.49. The molecule has 19 heavy (non-hydrogen) atoms. The van der Waals surface area contributed by atoms with Crippen molar-refractivity contribution in [2.75, 3.05) is 5.32 Å². The van der Waals surface area contributed by atoms with Crippen molar-refractivity contribution < 1.29 is 13.2 Å². The molecule has 0 radical (unpaired) electrons. The van der Waals surface area contributed by atoms with Gasteiger partial charge >= 0.3 is 6.18 Å². The van der Waals surface area contributed by atoms with E-state index in [1.54, 1.807) is 6.20 Å². The molecule has 6 heteroatoms. The Balaban J connectivity index is 2.05. The summed E-state index contributed by atoms with van der Waals surface area (Å²) in [6, 6.07) is 7.47. The number of hydrogen-bond acceptors (Lipinski definition) is 3. The van der Waals surface area contributed by atoms with Crippen molar-refractivity contribution in [3.63, 3.8) is 0 Å². The number of rotatable bonds is 3. The molecule has 0 atom stereocenters. The van der Waals surface area contributed by atoms with Crippen LogP contribution in [0.25, 0.3) is 0 Å². The molecule has 0 amide bonds. The van der Waals surface area contributed by atoms with E-state index < -0.39 is 11.9 Å². The van der Waals surface area contributed by atoms with Gasteiger partial charge in [-0.25, -0.2) is 4.98 Å². The molecule has 2 aromatic rings. The second-order valence-electron chi connectivity index (χ2n) is 4.07. The van der Waals surface area contributed by atoms with Crippen LogP contribution in [0.3, 0.4) is 0 Å². The highest BCUT2D eigenvalue weighted by Crippen LogP contribution is 2.28. The van der Waals surface area contributed by atoms with E-state index in [0.717, 1.165) is 17.3 Å². The van der Waals surface area contributed by atoms with Gasteiger partial charge in [0.15, 0.2) is 0 Å². The van der Waals surface area contributed by atoms with Crippen LogP contribution in [-0.2, 0) is 12.7 Å². The average Bonchev–Trinajstić information content (AvgIpc) is 2.37. The number of nitrogens with zero attached hydrogens (tertiary/aromatic N) is 2. The van der Waals surface area contributed by atoms with Gasteiger partial charge in [-0.15, -0.1) is 0 Å². The van der Waals surface area contributed by atoms with Crippen LogP contribution in [0.15, 0.2) is 36.5 Å². The van der Waals surface area contributed by atoms with Crippen molar-refractivity contribution in [3.05, 3.63) is 53.5 Å². The minimum absolute atomic E-state index is 0.190. The van der Waals surface area contributed by atoms with E-state index in [0.29, 0.717) is 6.54 Å². The van der Waals surface area contributed by atoms with Crippen LogP contribution in [0.2, 0.25) is 0 Å². The Morgan fingerprint density at radius 2 is 1.95 bits per heavy atom. The number of hydrogen-bond donors (Lipinski definition) is 1. The van der Waals surface area contributed by atoms with E-state index in [-0.39, 0.29) is 5.82 Å². The molecule has 0 aliphatic carbocycles. The van der Waals surface area contributed by atoms with Crippen molar-refractivity contribution in [1.82, 2.24) is 9.97 Å². The normalized spacial score (nSPS) is 11.4. The number of anilines is 1. The lowest BCUT2D eigenvalue weighted by Crippen LogP contribution is -2.10. The molecule has 0 spiro atoms. The maximum absolute atomic E-state index is 12.5. The fourth-order valence-electron chi connectivity index (χ4n) is 1.49. The summed E-state index contributed by atoms with van der Waals surface area (Å²) < 4.78 is 37.4. The van der Waals surface area contributed by atoms with Gasteiger partial charge in [0.25, 0.3) is 0 Å². The van der Waals surface area contributed by atoms with E-state index in [1.165, 1.54) is 12.1 Å². The molecule has 1 N–H and O–H groups in total. The average molecular weight is 267 g/mol. The molecule has 2 heterocycles. The van der Waals surface area contributed by atoms with Crippen molar-refractivity contribution in [3.8, 4) is 0 Å². The number of halogens is 3. The first-order valence-electron chi connectivity index (χ1n) is 5.65. The molecule has 0 fully saturated rings. The second-order valence-corrected chi connectivity index (χ2v) is 4.07. The zero-order valence-corrected chi connectivity index (χ0v) is 10.2. The van der Waals surface area contributed by atoms with Gasteiger partial charge < -0.3 is 5.32 Å². The fourth-order valence-corrected chi connectivity index (χ4v) is 1.49. The largest absolute Gasteiger partial charge is 0.433 e. The zero-order valence-electron chi connectivity index (χ0n) is 10.2. The first-order chi connectivity index (χ1) is 8.95. The Morgan fingerprint density at radius 3 is 2.58 bits per heavy atom. The van der Waals surface area contributed by atoms with Crippen LogP contribution < -0.4 is 5.32 Å². The number of pyridine rings is 2. The molecule has 0 aromatic carbocycles. The molecular formula is C13H12F3N3. The fraction of sp³-hybridized carbons (Fsp3) is 0.231. The number of aromatic nitrogens is 2. The maximum atomic E-state index is 12.5. The SMILES string of the molecule is Cc1ccc(CNc2cccc(C(F)(F)F)n2)cn1. The van der Waals surface area contributed by atoms with Crippen molar-refractivity contribution >= 4 is 5.82 Å². The molecule has 3 nitrogen and oxygen atoms in total. The monoisotopic (exact) mass is 267 g/mol. The van der Waals surface area contributed by atoms with Crippen LogP contribution in [0.4, 0.5) is 19.0 Å². The Labute approximate surface area is 108 Å². The zero-order chi connectivity index (χ0) is 13.9. The minimum atomic E-state index is -4.43. The van der Waals surface area contributed by atoms with Crippen molar-refractivity contribution in [2.24, 2.45) is 0 Å². The topological polar surface area (TPSA) is 37.8 Å². The summed E-state index contributed by atoms with van der Waals surface area (Å²) in [6.45, 7) is 2.24. The van der Waals surface area contributed by atoms with Gasteiger partial charge in [-0.3, -0.25) is 4.98 Å².